The van der Waals surface area contributed by atoms with Crippen LogP contribution in [0.15, 0.2) is 5.11 Å². The zero-order chi connectivity index (χ0) is 8.36. The molecule has 0 rings (SSSR count). The second-order valence-corrected chi connectivity index (χ2v) is 2.29. The highest BCUT2D eigenvalue weighted by Gasteiger charge is 1.90. The van der Waals surface area contributed by atoms with E-state index in [1.54, 1.807) is 0 Å². The first kappa shape index (κ1) is 9.80. The summed E-state index contributed by atoms with van der Waals surface area (Å²) in [5.41, 5.74) is 6.36. The Bertz CT molecular complexity index is 164. The molecule has 4 heteroatoms. The van der Waals surface area contributed by atoms with E-state index in [1.807, 2.05) is 0 Å². The SMILES string of the molecule is N#CCCCCCCN=[N+]=N. The third-order valence-corrected chi connectivity index (χ3v) is 1.37. The van der Waals surface area contributed by atoms with Crippen LogP contribution in [0.3, 0.4) is 0 Å². The quantitative estimate of drug-likeness (QED) is 0.354. The van der Waals surface area contributed by atoms with Gasteiger partial charge in [-0.3, -0.25) is 0 Å². The molecule has 0 aliphatic carbocycles. The molecule has 0 spiro atoms. The van der Waals surface area contributed by atoms with Gasteiger partial charge in [-0.05, 0) is 12.8 Å². The first-order valence-corrected chi connectivity index (χ1v) is 3.82. The monoisotopic (exact) mass is 153 g/mol. The zero-order valence-electron chi connectivity index (χ0n) is 6.58. The van der Waals surface area contributed by atoms with Crippen molar-refractivity contribution in [3.63, 3.8) is 0 Å². The van der Waals surface area contributed by atoms with Crippen LogP contribution in [-0.2, 0) is 0 Å². The van der Waals surface area contributed by atoms with Crippen molar-refractivity contribution in [1.29, 1.82) is 10.8 Å². The largest absolute Gasteiger partial charge is 0.214 e. The van der Waals surface area contributed by atoms with Crippen molar-refractivity contribution in [2.24, 2.45) is 5.11 Å². The van der Waals surface area contributed by atoms with Crippen LogP contribution in [0, 0.1) is 16.9 Å². The highest BCUT2D eigenvalue weighted by molar-refractivity contribution is 4.67. The molecule has 0 unspecified atom stereocenters. The Hall–Kier alpha value is -1.20. The maximum absolute atomic E-state index is 8.20. The lowest BCUT2D eigenvalue weighted by molar-refractivity contribution is 0.642. The van der Waals surface area contributed by atoms with Crippen LogP contribution in [0.25, 0.3) is 0 Å². The van der Waals surface area contributed by atoms with Crippen molar-refractivity contribution >= 4 is 0 Å². The minimum absolute atomic E-state index is 0.649. The van der Waals surface area contributed by atoms with E-state index in [0.29, 0.717) is 13.0 Å². The lowest BCUT2D eigenvalue weighted by Gasteiger charge is -1.91. The predicted octanol–water partition coefficient (Wildman–Crippen LogP) is 2.01. The van der Waals surface area contributed by atoms with Crippen LogP contribution in [-0.4, -0.2) is 6.54 Å². The summed E-state index contributed by atoms with van der Waals surface area (Å²) >= 11 is 0. The summed E-state index contributed by atoms with van der Waals surface area (Å²) in [6.07, 6.45) is 4.78. The third kappa shape index (κ3) is 8.80. The van der Waals surface area contributed by atoms with Gasteiger partial charge in [0.25, 0.3) is 0 Å². The molecule has 0 saturated carbocycles. The molecular formula is C7H13N4+. The first-order valence-electron chi connectivity index (χ1n) is 3.82. The molecule has 0 aliphatic rings. The molecule has 0 aromatic carbocycles. The van der Waals surface area contributed by atoms with E-state index in [9.17, 15) is 0 Å². The van der Waals surface area contributed by atoms with Crippen LogP contribution < -0.4 is 4.91 Å². The smallest absolute Gasteiger partial charge is 0.198 e. The van der Waals surface area contributed by atoms with Crippen molar-refractivity contribution in [1.82, 2.24) is 4.91 Å². The highest BCUT2D eigenvalue weighted by Crippen LogP contribution is 2.01. The van der Waals surface area contributed by atoms with Gasteiger partial charge in [0.15, 0.2) is 0 Å². The maximum Gasteiger partial charge on any atom is 0.214 e. The van der Waals surface area contributed by atoms with E-state index in [4.69, 9.17) is 10.8 Å². The Morgan fingerprint density at radius 1 is 1.27 bits per heavy atom. The van der Waals surface area contributed by atoms with Gasteiger partial charge in [-0.15, -0.1) is 0 Å². The minimum atomic E-state index is 0.649. The number of hydrogen-bond acceptors (Lipinski definition) is 3. The van der Waals surface area contributed by atoms with Gasteiger partial charge >= 0.3 is 0 Å². The van der Waals surface area contributed by atoms with Gasteiger partial charge in [0.1, 0.15) is 17.2 Å². The average Bonchev–Trinajstić information content (AvgIpc) is 2.03. The van der Waals surface area contributed by atoms with Crippen molar-refractivity contribution in [3.05, 3.63) is 0 Å². The molecule has 1 N–H and O–H groups in total. The molecular weight excluding hydrogens is 140 g/mol. The van der Waals surface area contributed by atoms with E-state index in [-0.39, 0.29) is 0 Å². The van der Waals surface area contributed by atoms with E-state index < -0.39 is 0 Å². The number of rotatable bonds is 6. The molecule has 0 aromatic rings. The number of nitrogens with zero attached hydrogens (tertiary/aromatic N) is 3. The topological polar surface area (TPSA) is 74.1 Å². The van der Waals surface area contributed by atoms with Crippen molar-refractivity contribution in [2.45, 2.75) is 32.1 Å². The summed E-state index contributed by atoms with van der Waals surface area (Å²) in [6, 6.07) is 2.10. The third-order valence-electron chi connectivity index (χ3n) is 1.37. The van der Waals surface area contributed by atoms with Gasteiger partial charge in [0.2, 0.25) is 4.91 Å². The molecule has 60 valence electrons. The zero-order valence-corrected chi connectivity index (χ0v) is 6.58. The number of hydrogen-bond donors (Lipinski definition) is 1. The van der Waals surface area contributed by atoms with E-state index in [2.05, 4.69) is 16.1 Å². The van der Waals surface area contributed by atoms with Crippen LogP contribution in [0.4, 0.5) is 0 Å². The fourth-order valence-electron chi connectivity index (χ4n) is 0.790. The van der Waals surface area contributed by atoms with Crippen molar-refractivity contribution < 1.29 is 0 Å². The molecule has 4 nitrogen and oxygen atoms in total. The summed E-state index contributed by atoms with van der Waals surface area (Å²) < 4.78 is 0. The average molecular weight is 153 g/mol. The van der Waals surface area contributed by atoms with Crippen LogP contribution in [0.2, 0.25) is 0 Å². The molecule has 0 saturated heterocycles. The first-order chi connectivity index (χ1) is 5.41. The van der Waals surface area contributed by atoms with Crippen LogP contribution in [0.1, 0.15) is 32.1 Å². The minimum Gasteiger partial charge on any atom is -0.198 e. The number of unbranched alkanes of at least 4 members (excludes halogenated alkanes) is 4. The summed E-state index contributed by atoms with van der Waals surface area (Å²) in [7, 11) is 0. The Balaban J connectivity index is 2.91. The summed E-state index contributed by atoms with van der Waals surface area (Å²) in [5, 5.41) is 11.7. The fraction of sp³-hybridized carbons (Fsp3) is 0.857. The summed E-state index contributed by atoms with van der Waals surface area (Å²) in [4.78, 5) is 2.89. The lowest BCUT2D eigenvalue weighted by Crippen LogP contribution is -1.82. The highest BCUT2D eigenvalue weighted by atomic mass is 15.1. The summed E-state index contributed by atoms with van der Waals surface area (Å²) in [5.74, 6) is 0. The Morgan fingerprint density at radius 3 is 2.64 bits per heavy atom. The fourth-order valence-corrected chi connectivity index (χ4v) is 0.790. The molecule has 0 amide bonds. The molecule has 0 fully saturated rings. The Kier molecular flexibility index (Phi) is 7.84. The summed E-state index contributed by atoms with van der Waals surface area (Å²) in [6.45, 7) is 0.649. The molecule has 0 heterocycles. The second kappa shape index (κ2) is 8.80. The Morgan fingerprint density at radius 2 is 2.00 bits per heavy atom. The van der Waals surface area contributed by atoms with Gasteiger partial charge in [0.05, 0.1) is 6.07 Å². The maximum atomic E-state index is 8.20. The van der Waals surface area contributed by atoms with Crippen LogP contribution in [0.5, 0.6) is 0 Å². The van der Waals surface area contributed by atoms with Crippen LogP contribution >= 0.6 is 0 Å². The molecule has 0 aliphatic heterocycles. The lowest BCUT2D eigenvalue weighted by atomic mass is 10.1. The molecule has 11 heavy (non-hydrogen) atoms. The van der Waals surface area contributed by atoms with Gasteiger partial charge in [-0.1, -0.05) is 12.8 Å². The van der Waals surface area contributed by atoms with Crippen molar-refractivity contribution in [3.8, 4) is 6.07 Å². The van der Waals surface area contributed by atoms with E-state index in [1.165, 1.54) is 0 Å². The standard InChI is InChI=1S/C7H13N4/c8-6-4-2-1-3-5-7-10-11-9/h9H,1-5,7H2/q+1. The van der Waals surface area contributed by atoms with Gasteiger partial charge < -0.3 is 0 Å². The normalized spacial score (nSPS) is 8.27. The Labute approximate surface area is 66.5 Å². The molecule has 0 bridgehead atoms. The van der Waals surface area contributed by atoms with E-state index >= 15 is 0 Å². The molecule has 0 radical (unpaired) electrons. The number of nitriles is 1. The van der Waals surface area contributed by atoms with Crippen molar-refractivity contribution in [2.75, 3.05) is 6.54 Å². The molecule has 0 atom stereocenters. The van der Waals surface area contributed by atoms with E-state index in [0.717, 1.165) is 25.7 Å². The van der Waals surface area contributed by atoms with Gasteiger partial charge in [-0.2, -0.15) is 5.26 Å². The van der Waals surface area contributed by atoms with Gasteiger partial charge in [0, 0.05) is 6.42 Å². The molecule has 0 aromatic heterocycles. The number of nitrogens with one attached hydrogen (secondary N) is 1. The second-order valence-electron chi connectivity index (χ2n) is 2.29. The van der Waals surface area contributed by atoms with Gasteiger partial charge in [-0.25, -0.2) is 0 Å². The predicted molar refractivity (Wildman–Crippen MR) is 40.8 cm³/mol.